The first-order chi connectivity index (χ1) is 6.81. The molecule has 0 heterocycles. The molecule has 80 valence electrons. The van der Waals surface area contributed by atoms with E-state index in [-0.39, 0.29) is 0 Å². The minimum atomic E-state index is 0.308. The third-order valence-electron chi connectivity index (χ3n) is 3.47. The largest absolute Gasteiger partial charge is 0.303 e. The molecular weight excluding hydrogens is 172 g/mol. The molecule has 1 saturated carbocycles. The zero-order valence-electron chi connectivity index (χ0n) is 9.41. The van der Waals surface area contributed by atoms with Crippen LogP contribution in [0.15, 0.2) is 12.2 Å². The number of rotatable bonds is 4. The Hall–Kier alpha value is -0.590. The van der Waals surface area contributed by atoms with Gasteiger partial charge in [-0.05, 0) is 44.4 Å². The molecule has 0 aromatic rings. The molecule has 3 atom stereocenters. The Balaban J connectivity index is 2.50. The third-order valence-corrected chi connectivity index (χ3v) is 3.47. The Labute approximate surface area is 87.6 Å². The van der Waals surface area contributed by atoms with Crippen LogP contribution in [0.4, 0.5) is 0 Å². The number of aldehydes is 1. The summed E-state index contributed by atoms with van der Waals surface area (Å²) in [6.07, 6.45) is 11.7. The van der Waals surface area contributed by atoms with E-state index < -0.39 is 0 Å². The maximum atomic E-state index is 10.9. The predicted molar refractivity (Wildman–Crippen MR) is 60.1 cm³/mol. The van der Waals surface area contributed by atoms with Crippen LogP contribution in [0.5, 0.6) is 0 Å². The molecule has 0 radical (unpaired) electrons. The van der Waals surface area contributed by atoms with Gasteiger partial charge in [0.15, 0.2) is 0 Å². The van der Waals surface area contributed by atoms with Crippen LogP contribution in [-0.4, -0.2) is 6.29 Å². The van der Waals surface area contributed by atoms with Gasteiger partial charge in [-0.1, -0.05) is 25.5 Å². The molecule has 0 spiro atoms. The minimum Gasteiger partial charge on any atom is -0.303 e. The van der Waals surface area contributed by atoms with E-state index in [1.807, 2.05) is 0 Å². The predicted octanol–water partition coefficient (Wildman–Crippen LogP) is 3.59. The summed E-state index contributed by atoms with van der Waals surface area (Å²) in [6, 6.07) is 0. The fraction of sp³-hybridized carbons (Fsp3) is 0.769. The molecule has 1 aliphatic rings. The molecule has 1 nitrogen and oxygen atoms in total. The molecule has 3 unspecified atom stereocenters. The van der Waals surface area contributed by atoms with Crippen molar-refractivity contribution in [2.24, 2.45) is 17.8 Å². The van der Waals surface area contributed by atoms with Crippen molar-refractivity contribution in [2.45, 2.75) is 46.0 Å². The third kappa shape index (κ3) is 2.97. The van der Waals surface area contributed by atoms with E-state index in [9.17, 15) is 4.79 Å². The second-order valence-corrected chi connectivity index (χ2v) is 4.42. The number of hydrogen-bond acceptors (Lipinski definition) is 1. The van der Waals surface area contributed by atoms with Crippen LogP contribution in [-0.2, 0) is 4.79 Å². The zero-order valence-corrected chi connectivity index (χ0v) is 9.41. The topological polar surface area (TPSA) is 17.1 Å². The van der Waals surface area contributed by atoms with Crippen LogP contribution in [0.3, 0.4) is 0 Å². The first-order valence-corrected chi connectivity index (χ1v) is 5.89. The summed E-state index contributed by atoms with van der Waals surface area (Å²) in [4.78, 5) is 10.9. The van der Waals surface area contributed by atoms with Gasteiger partial charge in [-0.25, -0.2) is 0 Å². The maximum absolute atomic E-state index is 10.9. The number of hydrogen-bond donors (Lipinski definition) is 0. The molecule has 0 aromatic heterocycles. The summed E-state index contributed by atoms with van der Waals surface area (Å²) in [7, 11) is 0. The van der Waals surface area contributed by atoms with E-state index in [1.165, 1.54) is 32.0 Å². The quantitative estimate of drug-likeness (QED) is 0.493. The van der Waals surface area contributed by atoms with Gasteiger partial charge in [0.2, 0.25) is 0 Å². The van der Waals surface area contributed by atoms with Crippen molar-refractivity contribution in [2.75, 3.05) is 0 Å². The summed E-state index contributed by atoms with van der Waals surface area (Å²) in [5, 5.41) is 0. The second-order valence-electron chi connectivity index (χ2n) is 4.42. The minimum absolute atomic E-state index is 0.308. The second kappa shape index (κ2) is 6.00. The molecule has 0 amide bonds. The Morgan fingerprint density at radius 2 is 2.21 bits per heavy atom. The zero-order chi connectivity index (χ0) is 10.4. The van der Waals surface area contributed by atoms with Gasteiger partial charge in [-0.15, -0.1) is 0 Å². The molecule has 1 aliphatic carbocycles. The maximum Gasteiger partial charge on any atom is 0.123 e. The Bertz CT molecular complexity index is 195. The Morgan fingerprint density at radius 3 is 2.79 bits per heavy atom. The lowest BCUT2D eigenvalue weighted by molar-refractivity contribution is -0.113. The standard InChI is InChI=1S/C13H22O/c1-3-6-11-7-5-8-13(9-11)12(4-2)10-14/h3,6,10-13H,4-5,7-9H2,1-2H3/b6-3+. The van der Waals surface area contributed by atoms with Crippen molar-refractivity contribution in [1.29, 1.82) is 0 Å². The van der Waals surface area contributed by atoms with Crippen LogP contribution < -0.4 is 0 Å². The summed E-state index contributed by atoms with van der Waals surface area (Å²) in [5.41, 5.74) is 0. The van der Waals surface area contributed by atoms with Crippen LogP contribution >= 0.6 is 0 Å². The summed E-state index contributed by atoms with van der Waals surface area (Å²) < 4.78 is 0. The lowest BCUT2D eigenvalue weighted by Gasteiger charge is -2.30. The van der Waals surface area contributed by atoms with Crippen LogP contribution in [0, 0.1) is 17.8 Å². The van der Waals surface area contributed by atoms with Gasteiger partial charge in [0.05, 0.1) is 0 Å². The normalized spacial score (nSPS) is 30.4. The lowest BCUT2D eigenvalue weighted by atomic mass is 9.74. The van der Waals surface area contributed by atoms with Crippen LogP contribution in [0.1, 0.15) is 46.0 Å². The molecular formula is C13H22O. The molecule has 0 aliphatic heterocycles. The van der Waals surface area contributed by atoms with E-state index in [2.05, 4.69) is 26.0 Å². The van der Waals surface area contributed by atoms with Crippen molar-refractivity contribution in [3.63, 3.8) is 0 Å². The van der Waals surface area contributed by atoms with Crippen molar-refractivity contribution >= 4 is 6.29 Å². The highest BCUT2D eigenvalue weighted by Crippen LogP contribution is 2.34. The van der Waals surface area contributed by atoms with Gasteiger partial charge >= 0.3 is 0 Å². The molecule has 0 bridgehead atoms. The van der Waals surface area contributed by atoms with E-state index >= 15 is 0 Å². The fourth-order valence-corrected chi connectivity index (χ4v) is 2.64. The first-order valence-electron chi connectivity index (χ1n) is 5.89. The monoisotopic (exact) mass is 194 g/mol. The Morgan fingerprint density at radius 1 is 1.43 bits per heavy atom. The van der Waals surface area contributed by atoms with Gasteiger partial charge in [-0.2, -0.15) is 0 Å². The molecule has 0 aromatic carbocycles. The van der Waals surface area contributed by atoms with Gasteiger partial charge < -0.3 is 4.79 Å². The number of allylic oxidation sites excluding steroid dienone is 2. The van der Waals surface area contributed by atoms with Gasteiger partial charge in [0.25, 0.3) is 0 Å². The summed E-state index contributed by atoms with van der Waals surface area (Å²) in [6.45, 7) is 4.21. The highest BCUT2D eigenvalue weighted by atomic mass is 16.1. The van der Waals surface area contributed by atoms with Gasteiger partial charge in [0, 0.05) is 5.92 Å². The molecule has 1 rings (SSSR count). The molecule has 0 N–H and O–H groups in total. The highest BCUT2D eigenvalue weighted by molar-refractivity contribution is 5.53. The van der Waals surface area contributed by atoms with Crippen molar-refractivity contribution in [3.05, 3.63) is 12.2 Å². The van der Waals surface area contributed by atoms with Crippen LogP contribution in [0.25, 0.3) is 0 Å². The summed E-state index contributed by atoms with van der Waals surface area (Å²) >= 11 is 0. The van der Waals surface area contributed by atoms with E-state index in [4.69, 9.17) is 0 Å². The molecule has 0 saturated heterocycles. The van der Waals surface area contributed by atoms with E-state index in [1.54, 1.807) is 0 Å². The first kappa shape index (κ1) is 11.5. The average molecular weight is 194 g/mol. The molecule has 1 fully saturated rings. The summed E-state index contributed by atoms with van der Waals surface area (Å²) in [5.74, 6) is 1.68. The van der Waals surface area contributed by atoms with Crippen molar-refractivity contribution in [3.8, 4) is 0 Å². The smallest absolute Gasteiger partial charge is 0.123 e. The molecule has 14 heavy (non-hydrogen) atoms. The average Bonchev–Trinajstić information content (AvgIpc) is 2.21. The number of carbonyl (C=O) groups is 1. The van der Waals surface area contributed by atoms with Crippen molar-refractivity contribution < 1.29 is 4.79 Å². The van der Waals surface area contributed by atoms with Gasteiger partial charge in [0.1, 0.15) is 6.29 Å². The molecule has 1 heteroatoms. The fourth-order valence-electron chi connectivity index (χ4n) is 2.64. The number of carbonyl (C=O) groups excluding carboxylic acids is 1. The van der Waals surface area contributed by atoms with E-state index in [0.29, 0.717) is 11.8 Å². The Kier molecular flexibility index (Phi) is 4.92. The highest BCUT2D eigenvalue weighted by Gasteiger charge is 2.25. The van der Waals surface area contributed by atoms with Crippen molar-refractivity contribution in [1.82, 2.24) is 0 Å². The van der Waals surface area contributed by atoms with Crippen LogP contribution in [0.2, 0.25) is 0 Å². The van der Waals surface area contributed by atoms with Gasteiger partial charge in [-0.3, -0.25) is 0 Å². The van der Waals surface area contributed by atoms with E-state index in [0.717, 1.165) is 12.3 Å². The SMILES string of the molecule is C/C=C/C1CCCC(C(C=O)CC)C1. The lowest BCUT2D eigenvalue weighted by Crippen LogP contribution is -2.22.